The van der Waals surface area contributed by atoms with Crippen LogP contribution < -0.4 is 5.32 Å². The van der Waals surface area contributed by atoms with Gasteiger partial charge in [0.1, 0.15) is 0 Å². The fourth-order valence-corrected chi connectivity index (χ4v) is 2.43. The largest absolute Gasteiger partial charge is 0.312 e. The topological polar surface area (TPSA) is 49.4 Å². The summed E-state index contributed by atoms with van der Waals surface area (Å²) in [6.07, 6.45) is 2.22. The van der Waals surface area contributed by atoms with Crippen LogP contribution in [-0.4, -0.2) is 40.9 Å². The molecule has 13 heavy (non-hydrogen) atoms. The number of nitrogens with zero attached hydrogens (tertiary/aromatic N) is 1. The third kappa shape index (κ3) is 1.86. The highest BCUT2D eigenvalue weighted by Crippen LogP contribution is 2.20. The molecule has 0 saturated carbocycles. The van der Waals surface area contributed by atoms with Gasteiger partial charge in [0.25, 0.3) is 5.24 Å². The van der Waals surface area contributed by atoms with Crippen molar-refractivity contribution in [2.75, 3.05) is 18.8 Å². The van der Waals surface area contributed by atoms with Crippen molar-refractivity contribution in [3.05, 3.63) is 0 Å². The zero-order chi connectivity index (χ0) is 9.26. The van der Waals surface area contributed by atoms with Crippen molar-refractivity contribution < 1.29 is 9.59 Å². The molecule has 0 aliphatic carbocycles. The van der Waals surface area contributed by atoms with Crippen molar-refractivity contribution >= 4 is 22.9 Å². The van der Waals surface area contributed by atoms with Gasteiger partial charge >= 0.3 is 0 Å². The zero-order valence-corrected chi connectivity index (χ0v) is 8.10. The lowest BCUT2D eigenvalue weighted by molar-refractivity contribution is -0.124. The minimum Gasteiger partial charge on any atom is -0.312 e. The maximum absolute atomic E-state index is 11.2. The van der Waals surface area contributed by atoms with Gasteiger partial charge in [-0.1, -0.05) is 11.8 Å². The van der Waals surface area contributed by atoms with Crippen LogP contribution in [0.3, 0.4) is 0 Å². The fraction of sp³-hybridized carbons (Fsp3) is 0.750. The van der Waals surface area contributed by atoms with Crippen molar-refractivity contribution in [3.63, 3.8) is 0 Å². The molecule has 1 unspecified atom stereocenters. The Labute approximate surface area is 81.0 Å². The van der Waals surface area contributed by atoms with E-state index in [1.165, 1.54) is 4.90 Å². The standard InChI is InChI=1S/C8H12N2O2S/c11-7-5-13-8(12)10(7)4-6-2-1-3-9-6/h6,9H,1-5H2. The molecule has 1 atom stereocenters. The number of thioether (sulfide) groups is 1. The molecule has 0 aromatic carbocycles. The molecule has 2 aliphatic rings. The van der Waals surface area contributed by atoms with Crippen molar-refractivity contribution in [2.45, 2.75) is 18.9 Å². The van der Waals surface area contributed by atoms with E-state index in [2.05, 4.69) is 5.32 Å². The minimum absolute atomic E-state index is 0.0382. The summed E-state index contributed by atoms with van der Waals surface area (Å²) in [6, 6.07) is 0.326. The average molecular weight is 200 g/mol. The molecule has 2 aliphatic heterocycles. The number of hydrogen-bond donors (Lipinski definition) is 1. The summed E-state index contributed by atoms with van der Waals surface area (Å²) in [6.45, 7) is 1.57. The zero-order valence-electron chi connectivity index (χ0n) is 7.28. The Kier molecular flexibility index (Phi) is 2.55. The molecule has 2 heterocycles. The summed E-state index contributed by atoms with van der Waals surface area (Å²) in [5.41, 5.74) is 0. The molecule has 0 aromatic heterocycles. The molecule has 0 spiro atoms. The van der Waals surface area contributed by atoms with E-state index in [9.17, 15) is 9.59 Å². The van der Waals surface area contributed by atoms with Crippen LogP contribution in [0.15, 0.2) is 0 Å². The quantitative estimate of drug-likeness (QED) is 0.702. The number of imide groups is 1. The summed E-state index contributed by atoms with van der Waals surface area (Å²) >= 11 is 1.11. The Hall–Kier alpha value is -0.550. The predicted molar refractivity (Wildman–Crippen MR) is 50.6 cm³/mol. The third-order valence-electron chi connectivity index (χ3n) is 2.41. The summed E-state index contributed by atoms with van der Waals surface area (Å²) < 4.78 is 0. The maximum Gasteiger partial charge on any atom is 0.288 e. The average Bonchev–Trinajstić information content (AvgIpc) is 2.70. The smallest absolute Gasteiger partial charge is 0.288 e. The summed E-state index contributed by atoms with van der Waals surface area (Å²) in [7, 11) is 0. The Morgan fingerprint density at radius 3 is 2.92 bits per heavy atom. The van der Waals surface area contributed by atoms with E-state index in [0.717, 1.165) is 31.1 Å². The molecule has 0 radical (unpaired) electrons. The van der Waals surface area contributed by atoms with Gasteiger partial charge in [0.05, 0.1) is 5.75 Å². The summed E-state index contributed by atoms with van der Waals surface area (Å²) in [5.74, 6) is 0.287. The normalized spacial score (nSPS) is 28.9. The molecule has 72 valence electrons. The third-order valence-corrected chi connectivity index (χ3v) is 3.26. The molecule has 0 bridgehead atoms. The number of carbonyl (C=O) groups is 2. The fourth-order valence-electron chi connectivity index (χ4n) is 1.69. The van der Waals surface area contributed by atoms with Crippen LogP contribution in [0.5, 0.6) is 0 Å². The van der Waals surface area contributed by atoms with Crippen molar-refractivity contribution in [2.24, 2.45) is 0 Å². The van der Waals surface area contributed by atoms with E-state index in [0.29, 0.717) is 18.3 Å². The van der Waals surface area contributed by atoms with Crippen molar-refractivity contribution in [3.8, 4) is 0 Å². The molecule has 2 saturated heterocycles. The van der Waals surface area contributed by atoms with E-state index < -0.39 is 0 Å². The van der Waals surface area contributed by atoms with Crippen LogP contribution in [0.4, 0.5) is 4.79 Å². The molecule has 1 N–H and O–H groups in total. The Morgan fingerprint density at radius 2 is 2.38 bits per heavy atom. The van der Waals surface area contributed by atoms with Gasteiger partial charge in [0, 0.05) is 12.6 Å². The van der Waals surface area contributed by atoms with Gasteiger partial charge in [-0.15, -0.1) is 0 Å². The number of amides is 2. The van der Waals surface area contributed by atoms with E-state index in [1.807, 2.05) is 0 Å². The Morgan fingerprint density at radius 1 is 1.54 bits per heavy atom. The lowest BCUT2D eigenvalue weighted by Gasteiger charge is -2.17. The number of carbonyl (C=O) groups excluding carboxylic acids is 2. The molecular formula is C8H12N2O2S. The van der Waals surface area contributed by atoms with Crippen LogP contribution in [0, 0.1) is 0 Å². The highest BCUT2D eigenvalue weighted by molar-refractivity contribution is 8.14. The monoisotopic (exact) mass is 200 g/mol. The van der Waals surface area contributed by atoms with Gasteiger partial charge in [-0.3, -0.25) is 14.5 Å². The second-order valence-corrected chi connectivity index (χ2v) is 4.28. The SMILES string of the molecule is O=C1CSC(=O)N1CC1CCCN1. The van der Waals surface area contributed by atoms with E-state index >= 15 is 0 Å². The van der Waals surface area contributed by atoms with Crippen molar-refractivity contribution in [1.82, 2.24) is 10.2 Å². The minimum atomic E-state index is -0.0845. The van der Waals surface area contributed by atoms with Crippen LogP contribution in [0.1, 0.15) is 12.8 Å². The second kappa shape index (κ2) is 3.67. The highest BCUT2D eigenvalue weighted by atomic mass is 32.2. The first kappa shape index (κ1) is 9.02. The molecular weight excluding hydrogens is 188 g/mol. The highest BCUT2D eigenvalue weighted by Gasteiger charge is 2.32. The first-order chi connectivity index (χ1) is 6.27. The molecule has 2 amide bonds. The van der Waals surface area contributed by atoms with Crippen LogP contribution in [0.25, 0.3) is 0 Å². The molecule has 4 nitrogen and oxygen atoms in total. The van der Waals surface area contributed by atoms with Crippen LogP contribution in [0.2, 0.25) is 0 Å². The molecule has 0 aromatic rings. The Balaban J connectivity index is 1.92. The van der Waals surface area contributed by atoms with Crippen LogP contribution >= 0.6 is 11.8 Å². The molecule has 5 heteroatoms. The van der Waals surface area contributed by atoms with Gasteiger partial charge in [-0.25, -0.2) is 0 Å². The lowest BCUT2D eigenvalue weighted by Crippen LogP contribution is -2.40. The molecule has 2 fully saturated rings. The summed E-state index contributed by atoms with van der Waals surface area (Å²) in [4.78, 5) is 23.8. The Bertz CT molecular complexity index is 222. The van der Waals surface area contributed by atoms with Gasteiger partial charge in [-0.05, 0) is 19.4 Å². The number of rotatable bonds is 2. The maximum atomic E-state index is 11.2. The van der Waals surface area contributed by atoms with E-state index in [4.69, 9.17) is 0 Å². The second-order valence-electron chi connectivity index (χ2n) is 3.35. The van der Waals surface area contributed by atoms with E-state index in [1.54, 1.807) is 0 Å². The first-order valence-electron chi connectivity index (χ1n) is 4.48. The van der Waals surface area contributed by atoms with Crippen molar-refractivity contribution in [1.29, 1.82) is 0 Å². The van der Waals surface area contributed by atoms with Crippen LogP contribution in [-0.2, 0) is 4.79 Å². The first-order valence-corrected chi connectivity index (χ1v) is 5.46. The number of hydrogen-bond acceptors (Lipinski definition) is 4. The summed E-state index contributed by atoms with van der Waals surface area (Å²) in [5, 5.41) is 3.18. The van der Waals surface area contributed by atoms with Gasteiger partial charge in [0.15, 0.2) is 0 Å². The van der Waals surface area contributed by atoms with Gasteiger partial charge in [0.2, 0.25) is 5.91 Å². The predicted octanol–water partition coefficient (Wildman–Crippen LogP) is 0.434. The molecule has 2 rings (SSSR count). The van der Waals surface area contributed by atoms with Gasteiger partial charge in [-0.2, -0.15) is 0 Å². The van der Waals surface area contributed by atoms with E-state index in [-0.39, 0.29) is 11.1 Å². The van der Waals surface area contributed by atoms with Gasteiger partial charge < -0.3 is 5.32 Å². The number of nitrogens with one attached hydrogen (secondary N) is 1. The lowest BCUT2D eigenvalue weighted by atomic mass is 10.2.